The number of carbonyl (C=O) groups is 1. The number of fused-ring (bicyclic) bond motifs is 1. The first kappa shape index (κ1) is 22.4. The van der Waals surface area contributed by atoms with E-state index in [1.165, 1.54) is 38.5 Å². The monoisotopic (exact) mass is 430 g/mol. The van der Waals surface area contributed by atoms with E-state index in [-0.39, 0.29) is 22.9 Å². The van der Waals surface area contributed by atoms with Gasteiger partial charge in [-0.05, 0) is 25.8 Å². The largest absolute Gasteiger partial charge is 0.479 e. The Morgan fingerprint density at radius 1 is 1.29 bits per heavy atom. The fourth-order valence-corrected chi connectivity index (χ4v) is 3.47. The Hall–Kier alpha value is -3.30. The number of methoxy groups -OCH3 is 1. The van der Waals surface area contributed by atoms with Crippen LogP contribution in [0.15, 0.2) is 23.4 Å². The Morgan fingerprint density at radius 2 is 2.00 bits per heavy atom. The lowest BCUT2D eigenvalue weighted by molar-refractivity contribution is -0.133. The second-order valence-corrected chi connectivity index (χ2v) is 7.49. The average molecular weight is 430 g/mol. The fourth-order valence-electron chi connectivity index (χ4n) is 3.47. The maximum Gasteiger partial charge on any atom is 0.278 e. The number of halogens is 1. The Labute approximate surface area is 179 Å². The van der Waals surface area contributed by atoms with E-state index in [1.54, 1.807) is 4.57 Å². The molecule has 1 saturated heterocycles. The molecule has 4 heterocycles. The van der Waals surface area contributed by atoms with Crippen molar-refractivity contribution in [1.82, 2.24) is 29.4 Å². The topological polar surface area (TPSA) is 106 Å². The van der Waals surface area contributed by atoms with E-state index in [2.05, 4.69) is 19.9 Å². The van der Waals surface area contributed by atoms with Gasteiger partial charge in [0, 0.05) is 37.3 Å². The SMILES string of the molecule is CC(C)C(=O)N1CCCC1.CCn1c(-c2cnc(OC)c(F)c2)nc2c(=O)[nH]cnc21. The van der Waals surface area contributed by atoms with Crippen LogP contribution in [0.5, 0.6) is 5.88 Å². The minimum Gasteiger partial charge on any atom is -0.479 e. The number of ether oxygens (including phenoxy) is 1. The molecule has 0 aliphatic carbocycles. The molecule has 1 aliphatic rings. The molecule has 10 heteroatoms. The molecule has 31 heavy (non-hydrogen) atoms. The number of aromatic amines is 1. The van der Waals surface area contributed by atoms with E-state index in [1.807, 2.05) is 25.7 Å². The smallest absolute Gasteiger partial charge is 0.278 e. The maximum absolute atomic E-state index is 13.8. The molecular weight excluding hydrogens is 403 g/mol. The standard InChI is InChI=1S/C13H12FN5O2.C8H15NO/c1-3-19-10(7-4-8(14)13(21-2)15-5-7)18-9-11(19)16-6-17-12(9)20;1-7(2)8(10)9-5-3-4-6-9/h4-6H,3H2,1-2H3,(H,16,17,20);7H,3-6H2,1-2H3. The molecule has 4 rings (SSSR count). The lowest BCUT2D eigenvalue weighted by Crippen LogP contribution is -2.31. The predicted octanol–water partition coefficient (Wildman–Crippen LogP) is 2.61. The Kier molecular flexibility index (Phi) is 6.98. The normalized spacial score (nSPS) is 13.4. The number of amides is 1. The van der Waals surface area contributed by atoms with Crippen molar-refractivity contribution in [3.63, 3.8) is 0 Å². The van der Waals surface area contributed by atoms with E-state index in [0.717, 1.165) is 13.1 Å². The van der Waals surface area contributed by atoms with Gasteiger partial charge in [0.25, 0.3) is 5.56 Å². The molecule has 0 radical (unpaired) electrons. The number of nitrogens with one attached hydrogen (secondary N) is 1. The summed E-state index contributed by atoms with van der Waals surface area (Å²) < 4.78 is 20.3. The number of nitrogens with zero attached hydrogens (tertiary/aromatic N) is 5. The zero-order valence-electron chi connectivity index (χ0n) is 18.2. The molecule has 1 amide bonds. The molecule has 1 fully saturated rings. The zero-order valence-corrected chi connectivity index (χ0v) is 18.2. The van der Waals surface area contributed by atoms with Gasteiger partial charge < -0.3 is 19.2 Å². The van der Waals surface area contributed by atoms with Crippen LogP contribution in [0.4, 0.5) is 4.39 Å². The highest BCUT2D eigenvalue weighted by Gasteiger charge is 2.20. The summed E-state index contributed by atoms with van der Waals surface area (Å²) in [6.45, 7) is 8.31. The highest BCUT2D eigenvalue weighted by Crippen LogP contribution is 2.24. The van der Waals surface area contributed by atoms with Crippen LogP contribution < -0.4 is 10.3 Å². The van der Waals surface area contributed by atoms with Crippen LogP contribution in [0.1, 0.15) is 33.6 Å². The summed E-state index contributed by atoms with van der Waals surface area (Å²) in [5.74, 6) is 0.252. The van der Waals surface area contributed by atoms with Crippen molar-refractivity contribution in [3.05, 3.63) is 34.8 Å². The molecule has 1 N–H and O–H groups in total. The van der Waals surface area contributed by atoms with Crippen LogP contribution in [0.3, 0.4) is 0 Å². The second-order valence-electron chi connectivity index (χ2n) is 7.49. The fraction of sp³-hybridized carbons (Fsp3) is 0.476. The molecular formula is C21H27FN6O3. The summed E-state index contributed by atoms with van der Waals surface area (Å²) in [7, 11) is 1.34. The van der Waals surface area contributed by atoms with Crippen molar-refractivity contribution in [2.45, 2.75) is 40.2 Å². The van der Waals surface area contributed by atoms with Gasteiger partial charge >= 0.3 is 0 Å². The van der Waals surface area contributed by atoms with E-state index in [9.17, 15) is 14.0 Å². The molecule has 0 bridgehead atoms. The van der Waals surface area contributed by atoms with E-state index in [0.29, 0.717) is 29.5 Å². The minimum atomic E-state index is -0.591. The van der Waals surface area contributed by atoms with Crippen molar-refractivity contribution in [3.8, 4) is 17.3 Å². The van der Waals surface area contributed by atoms with Gasteiger partial charge in [-0.3, -0.25) is 9.59 Å². The Balaban J connectivity index is 0.000000229. The quantitative estimate of drug-likeness (QED) is 0.682. The molecule has 0 unspecified atom stereocenters. The van der Waals surface area contributed by atoms with Gasteiger partial charge in [0.1, 0.15) is 5.82 Å². The van der Waals surface area contributed by atoms with Gasteiger partial charge in [0.15, 0.2) is 17.0 Å². The molecule has 0 aromatic carbocycles. The van der Waals surface area contributed by atoms with Crippen LogP contribution in [0.2, 0.25) is 0 Å². The van der Waals surface area contributed by atoms with Crippen LogP contribution in [0.25, 0.3) is 22.6 Å². The van der Waals surface area contributed by atoms with Crippen LogP contribution >= 0.6 is 0 Å². The lowest BCUT2D eigenvalue weighted by atomic mass is 10.2. The number of imidazole rings is 1. The van der Waals surface area contributed by atoms with Gasteiger partial charge in [-0.1, -0.05) is 13.8 Å². The first-order chi connectivity index (χ1) is 14.9. The van der Waals surface area contributed by atoms with Crippen molar-refractivity contribution < 1.29 is 13.9 Å². The molecule has 166 valence electrons. The molecule has 3 aromatic rings. The molecule has 3 aromatic heterocycles. The molecule has 1 aliphatic heterocycles. The zero-order chi connectivity index (χ0) is 22.5. The maximum atomic E-state index is 13.8. The number of aryl methyl sites for hydroxylation is 1. The van der Waals surface area contributed by atoms with Crippen LogP contribution in [0, 0.1) is 11.7 Å². The third-order valence-electron chi connectivity index (χ3n) is 5.03. The van der Waals surface area contributed by atoms with Crippen LogP contribution in [-0.2, 0) is 11.3 Å². The summed E-state index contributed by atoms with van der Waals surface area (Å²) in [6.07, 6.45) is 5.15. The number of carbonyl (C=O) groups excluding carboxylic acids is 1. The predicted molar refractivity (Wildman–Crippen MR) is 114 cm³/mol. The lowest BCUT2D eigenvalue weighted by Gasteiger charge is -2.17. The molecule has 9 nitrogen and oxygen atoms in total. The number of rotatable bonds is 4. The summed E-state index contributed by atoms with van der Waals surface area (Å²) in [5, 5.41) is 0. The summed E-state index contributed by atoms with van der Waals surface area (Å²) in [5.41, 5.74) is 0.779. The van der Waals surface area contributed by atoms with E-state index in [4.69, 9.17) is 4.74 Å². The van der Waals surface area contributed by atoms with Gasteiger partial charge in [0.05, 0.1) is 13.4 Å². The summed E-state index contributed by atoms with van der Waals surface area (Å²) >= 11 is 0. The summed E-state index contributed by atoms with van der Waals surface area (Å²) in [4.78, 5) is 39.7. The molecule has 0 atom stereocenters. The van der Waals surface area contributed by atoms with Crippen molar-refractivity contribution in [1.29, 1.82) is 0 Å². The number of aromatic nitrogens is 5. The van der Waals surface area contributed by atoms with Crippen LogP contribution in [-0.4, -0.2) is 55.5 Å². The first-order valence-electron chi connectivity index (χ1n) is 10.3. The number of hydrogen-bond donors (Lipinski definition) is 1. The van der Waals surface area contributed by atoms with Crippen molar-refractivity contribution in [2.24, 2.45) is 5.92 Å². The van der Waals surface area contributed by atoms with Crippen molar-refractivity contribution in [2.75, 3.05) is 20.2 Å². The first-order valence-corrected chi connectivity index (χ1v) is 10.3. The van der Waals surface area contributed by atoms with E-state index >= 15 is 0 Å². The van der Waals surface area contributed by atoms with Gasteiger partial charge in [-0.2, -0.15) is 0 Å². The van der Waals surface area contributed by atoms with Crippen molar-refractivity contribution >= 4 is 17.1 Å². The average Bonchev–Trinajstić information content (AvgIpc) is 3.42. The highest BCUT2D eigenvalue weighted by atomic mass is 19.1. The number of hydrogen-bond acceptors (Lipinski definition) is 6. The summed E-state index contributed by atoms with van der Waals surface area (Å²) in [6, 6.07) is 1.27. The number of likely N-dealkylation sites (tertiary alicyclic amines) is 1. The highest BCUT2D eigenvalue weighted by molar-refractivity contribution is 5.78. The third-order valence-corrected chi connectivity index (χ3v) is 5.03. The minimum absolute atomic E-state index is 0.0890. The second kappa shape index (κ2) is 9.67. The molecule has 0 spiro atoms. The third kappa shape index (κ3) is 4.73. The number of pyridine rings is 1. The van der Waals surface area contributed by atoms with Gasteiger partial charge in [-0.25, -0.2) is 19.3 Å². The Bertz CT molecular complexity index is 1120. The van der Waals surface area contributed by atoms with Gasteiger partial charge in [0.2, 0.25) is 11.8 Å². The number of H-pyrrole nitrogens is 1. The van der Waals surface area contributed by atoms with Gasteiger partial charge in [-0.15, -0.1) is 0 Å². The molecule has 0 saturated carbocycles. The Morgan fingerprint density at radius 3 is 2.58 bits per heavy atom. The van der Waals surface area contributed by atoms with E-state index < -0.39 is 5.82 Å².